The number of hydrogen-bond donors (Lipinski definition) is 1. The van der Waals surface area contributed by atoms with E-state index in [1.807, 2.05) is 12.4 Å². The molecule has 0 unspecified atom stereocenters. The zero-order chi connectivity index (χ0) is 19.2. The molecule has 1 aliphatic heterocycles. The second-order valence-corrected chi connectivity index (χ2v) is 7.63. The molecule has 146 valence electrons. The predicted octanol–water partition coefficient (Wildman–Crippen LogP) is 2.84. The van der Waals surface area contributed by atoms with Crippen LogP contribution in [0.1, 0.15) is 30.1 Å². The highest BCUT2D eigenvalue weighted by Crippen LogP contribution is 2.21. The van der Waals surface area contributed by atoms with Gasteiger partial charge in [-0.3, -0.25) is 14.5 Å². The van der Waals surface area contributed by atoms with E-state index >= 15 is 0 Å². The van der Waals surface area contributed by atoms with Crippen molar-refractivity contribution in [3.05, 3.63) is 72.1 Å². The first-order valence-electron chi connectivity index (χ1n) is 10.1. The second kappa shape index (κ2) is 9.08. The summed E-state index contributed by atoms with van der Waals surface area (Å²) in [5.74, 6) is 2.74. The minimum absolute atomic E-state index is 0.676. The molecule has 3 heterocycles. The Morgan fingerprint density at radius 3 is 2.43 bits per heavy atom. The number of aromatic nitrogens is 4. The molecule has 1 N–H and O–H groups in total. The van der Waals surface area contributed by atoms with Gasteiger partial charge in [-0.15, -0.1) is 10.2 Å². The normalized spacial score (nSPS) is 15.2. The van der Waals surface area contributed by atoms with Crippen LogP contribution in [0.2, 0.25) is 0 Å². The first-order valence-corrected chi connectivity index (χ1v) is 10.1. The summed E-state index contributed by atoms with van der Waals surface area (Å²) < 4.78 is 2.26. The molecule has 6 nitrogen and oxygen atoms in total. The summed E-state index contributed by atoms with van der Waals surface area (Å²) in [5, 5.41) is 12.6. The standard InChI is InChI=1S/C22H28N6/c1-27(16-19-9-13-24-14-10-19)17-22-26-25-21(15-18-7-11-23-12-8-18)28(22)20-5-3-2-4-6-20/h2-6,9-10,13-14,18,23H,7-8,11-12,15-17H2,1H3. The average molecular weight is 377 g/mol. The lowest BCUT2D eigenvalue weighted by molar-refractivity contribution is 0.307. The Kier molecular flexibility index (Phi) is 6.09. The third-order valence-corrected chi connectivity index (χ3v) is 5.35. The molecule has 0 atom stereocenters. The fourth-order valence-electron chi connectivity index (χ4n) is 3.90. The van der Waals surface area contributed by atoms with Crippen LogP contribution in [0.3, 0.4) is 0 Å². The Bertz CT molecular complexity index is 855. The lowest BCUT2D eigenvalue weighted by atomic mass is 9.94. The topological polar surface area (TPSA) is 58.9 Å². The van der Waals surface area contributed by atoms with E-state index in [4.69, 9.17) is 0 Å². The van der Waals surface area contributed by atoms with Crippen LogP contribution in [-0.4, -0.2) is 44.8 Å². The number of para-hydroxylation sites is 1. The molecule has 0 aliphatic carbocycles. The van der Waals surface area contributed by atoms with Crippen LogP contribution in [-0.2, 0) is 19.5 Å². The molecule has 4 rings (SSSR count). The molecule has 2 aromatic heterocycles. The van der Waals surface area contributed by atoms with Gasteiger partial charge in [0, 0.05) is 31.0 Å². The van der Waals surface area contributed by atoms with E-state index in [0.717, 1.165) is 49.9 Å². The third-order valence-electron chi connectivity index (χ3n) is 5.35. The van der Waals surface area contributed by atoms with Gasteiger partial charge < -0.3 is 5.32 Å². The van der Waals surface area contributed by atoms with Gasteiger partial charge in [0.25, 0.3) is 0 Å². The van der Waals surface area contributed by atoms with Crippen molar-refractivity contribution in [1.29, 1.82) is 0 Å². The Balaban J connectivity index is 1.56. The zero-order valence-corrected chi connectivity index (χ0v) is 16.5. The van der Waals surface area contributed by atoms with Crippen LogP contribution in [0.4, 0.5) is 0 Å². The van der Waals surface area contributed by atoms with E-state index in [1.165, 1.54) is 18.4 Å². The summed E-state index contributed by atoms with van der Waals surface area (Å²) in [6.45, 7) is 3.81. The molecule has 1 aliphatic rings. The lowest BCUT2D eigenvalue weighted by Crippen LogP contribution is -2.29. The molecule has 1 aromatic carbocycles. The van der Waals surface area contributed by atoms with Crippen LogP contribution in [0, 0.1) is 5.92 Å². The van der Waals surface area contributed by atoms with Crippen molar-refractivity contribution in [3.8, 4) is 5.69 Å². The third kappa shape index (κ3) is 4.64. The second-order valence-electron chi connectivity index (χ2n) is 7.63. The van der Waals surface area contributed by atoms with Gasteiger partial charge in [0.2, 0.25) is 0 Å². The summed E-state index contributed by atoms with van der Waals surface area (Å²) in [5.41, 5.74) is 2.39. The smallest absolute Gasteiger partial charge is 0.151 e. The minimum atomic E-state index is 0.676. The molecule has 0 amide bonds. The number of pyridine rings is 1. The maximum Gasteiger partial charge on any atom is 0.151 e. The number of benzene rings is 1. The highest BCUT2D eigenvalue weighted by atomic mass is 15.3. The maximum absolute atomic E-state index is 4.60. The van der Waals surface area contributed by atoms with Crippen molar-refractivity contribution in [2.24, 2.45) is 5.92 Å². The number of rotatable bonds is 7. The monoisotopic (exact) mass is 376 g/mol. The largest absolute Gasteiger partial charge is 0.317 e. The average Bonchev–Trinajstić information content (AvgIpc) is 3.12. The Morgan fingerprint density at radius 1 is 0.964 bits per heavy atom. The van der Waals surface area contributed by atoms with Crippen LogP contribution >= 0.6 is 0 Å². The number of nitrogens with zero attached hydrogens (tertiary/aromatic N) is 5. The first-order chi connectivity index (χ1) is 13.8. The van der Waals surface area contributed by atoms with Crippen molar-refractivity contribution < 1.29 is 0 Å². The first kappa shape index (κ1) is 18.8. The molecule has 3 aromatic rings. The van der Waals surface area contributed by atoms with E-state index in [-0.39, 0.29) is 0 Å². The molecular formula is C22H28N6. The van der Waals surface area contributed by atoms with Crippen LogP contribution in [0.5, 0.6) is 0 Å². The molecule has 1 fully saturated rings. The summed E-state index contributed by atoms with van der Waals surface area (Å²) in [6.07, 6.45) is 7.08. The van der Waals surface area contributed by atoms with Crippen molar-refractivity contribution in [2.45, 2.75) is 32.4 Å². The quantitative estimate of drug-likeness (QED) is 0.687. The van der Waals surface area contributed by atoms with E-state index in [9.17, 15) is 0 Å². The predicted molar refractivity (Wildman–Crippen MR) is 110 cm³/mol. The van der Waals surface area contributed by atoms with Gasteiger partial charge in [0.15, 0.2) is 5.82 Å². The van der Waals surface area contributed by atoms with Crippen molar-refractivity contribution >= 4 is 0 Å². The molecular weight excluding hydrogens is 348 g/mol. The molecule has 1 saturated heterocycles. The number of hydrogen-bond acceptors (Lipinski definition) is 5. The molecule has 0 spiro atoms. The SMILES string of the molecule is CN(Cc1ccncc1)Cc1nnc(CC2CCNCC2)n1-c1ccccc1. The van der Waals surface area contributed by atoms with Gasteiger partial charge >= 0.3 is 0 Å². The summed E-state index contributed by atoms with van der Waals surface area (Å²) in [7, 11) is 2.12. The highest BCUT2D eigenvalue weighted by Gasteiger charge is 2.20. The molecule has 0 bridgehead atoms. The van der Waals surface area contributed by atoms with Crippen molar-refractivity contribution in [3.63, 3.8) is 0 Å². The number of piperidine rings is 1. The van der Waals surface area contributed by atoms with E-state index in [1.54, 1.807) is 0 Å². The van der Waals surface area contributed by atoms with E-state index in [0.29, 0.717) is 5.92 Å². The van der Waals surface area contributed by atoms with E-state index in [2.05, 4.69) is 79.5 Å². The van der Waals surface area contributed by atoms with Gasteiger partial charge in [-0.25, -0.2) is 0 Å². The zero-order valence-electron chi connectivity index (χ0n) is 16.5. The van der Waals surface area contributed by atoms with Crippen molar-refractivity contribution in [2.75, 3.05) is 20.1 Å². The number of nitrogens with one attached hydrogen (secondary N) is 1. The van der Waals surface area contributed by atoms with Gasteiger partial charge in [-0.05, 0) is 68.7 Å². The Hall–Kier alpha value is -2.57. The van der Waals surface area contributed by atoms with Crippen LogP contribution < -0.4 is 5.32 Å². The van der Waals surface area contributed by atoms with Crippen molar-refractivity contribution in [1.82, 2.24) is 30.0 Å². The summed E-state index contributed by atoms with van der Waals surface area (Å²) in [6, 6.07) is 14.6. The lowest BCUT2D eigenvalue weighted by Gasteiger charge is -2.23. The fraction of sp³-hybridized carbons (Fsp3) is 0.409. The summed E-state index contributed by atoms with van der Waals surface area (Å²) >= 11 is 0. The molecule has 28 heavy (non-hydrogen) atoms. The van der Waals surface area contributed by atoms with Gasteiger partial charge in [-0.2, -0.15) is 0 Å². The molecule has 0 radical (unpaired) electrons. The fourth-order valence-corrected chi connectivity index (χ4v) is 3.90. The van der Waals surface area contributed by atoms with E-state index < -0.39 is 0 Å². The van der Waals surface area contributed by atoms with Gasteiger partial charge in [0.1, 0.15) is 5.82 Å². The van der Waals surface area contributed by atoms with Crippen LogP contribution in [0.15, 0.2) is 54.9 Å². The van der Waals surface area contributed by atoms with Gasteiger partial charge in [0.05, 0.1) is 6.54 Å². The molecule has 0 saturated carbocycles. The Labute approximate surface area is 166 Å². The summed E-state index contributed by atoms with van der Waals surface area (Å²) in [4.78, 5) is 6.37. The minimum Gasteiger partial charge on any atom is -0.317 e. The van der Waals surface area contributed by atoms with Gasteiger partial charge in [-0.1, -0.05) is 18.2 Å². The maximum atomic E-state index is 4.60. The highest BCUT2D eigenvalue weighted by molar-refractivity contribution is 5.34. The Morgan fingerprint density at radius 2 is 1.68 bits per heavy atom. The molecule has 6 heteroatoms. The van der Waals surface area contributed by atoms with Crippen LogP contribution in [0.25, 0.3) is 5.69 Å².